The number of benzene rings is 5. The zero-order valence-corrected chi connectivity index (χ0v) is 30.1. The molecule has 1 heterocycles. The van der Waals surface area contributed by atoms with Crippen molar-refractivity contribution in [2.24, 2.45) is 0 Å². The lowest BCUT2D eigenvalue weighted by atomic mass is 9.76. The zero-order chi connectivity index (χ0) is 34.0. The number of methoxy groups -OCH3 is 1. The van der Waals surface area contributed by atoms with Crippen molar-refractivity contribution in [3.63, 3.8) is 0 Å². The fourth-order valence-corrected chi connectivity index (χ4v) is 8.55. The molecule has 0 saturated carbocycles. The Hall–Kier alpha value is -3.75. The zero-order valence-electron chi connectivity index (χ0n) is 26.9. The normalized spacial score (nSPS) is 17.4. The van der Waals surface area contributed by atoms with Crippen molar-refractivity contribution < 1.29 is 27.4 Å². The first-order valence-electron chi connectivity index (χ1n) is 15.9. The van der Waals surface area contributed by atoms with Crippen LogP contribution in [0.4, 0.5) is 13.2 Å². The first-order valence-corrected chi connectivity index (χ1v) is 17.4. The molecule has 0 amide bonds. The van der Waals surface area contributed by atoms with Gasteiger partial charge in [-0.3, -0.25) is 0 Å². The predicted octanol–water partition coefficient (Wildman–Crippen LogP) is 12.2. The monoisotopic (exact) mass is 776 g/mol. The Morgan fingerprint density at radius 3 is 2.15 bits per heavy atom. The highest BCUT2D eigenvalue weighted by Crippen LogP contribution is 2.59. The summed E-state index contributed by atoms with van der Waals surface area (Å²) in [5, 5.41) is 1.73. The molecular weight excluding hydrogens is 745 g/mol. The minimum atomic E-state index is -4.45. The van der Waals surface area contributed by atoms with Gasteiger partial charge < -0.3 is 14.2 Å². The predicted molar refractivity (Wildman–Crippen MR) is 192 cm³/mol. The van der Waals surface area contributed by atoms with Gasteiger partial charge in [-0.15, -0.1) is 0 Å². The fraction of sp³-hybridized carbons (Fsp3) is 0.250. The maximum atomic E-state index is 14.0. The van der Waals surface area contributed by atoms with Crippen LogP contribution in [-0.2, 0) is 17.2 Å². The molecule has 8 heteroatoms. The molecule has 1 atom stereocenters. The molecule has 0 aromatic heterocycles. The summed E-state index contributed by atoms with van der Waals surface area (Å²) in [5.74, 6) is 2.16. The van der Waals surface area contributed by atoms with Crippen molar-refractivity contribution in [1.82, 2.24) is 0 Å². The number of unbranched alkanes of at least 4 members (excludes halogenated alkanes) is 1. The van der Waals surface area contributed by atoms with Crippen molar-refractivity contribution in [3.8, 4) is 28.4 Å². The quantitative estimate of drug-likeness (QED) is 0.154. The second-order valence-electron chi connectivity index (χ2n) is 12.8. The van der Waals surface area contributed by atoms with E-state index >= 15 is 0 Å². The number of ether oxygens (including phenoxy) is 3. The van der Waals surface area contributed by atoms with Gasteiger partial charge in [-0.1, -0.05) is 79.5 Å². The average Bonchev–Trinajstić information content (AvgIpc) is 3.30. The van der Waals surface area contributed by atoms with Crippen LogP contribution in [0.15, 0.2) is 93.9 Å². The third-order valence-corrected chi connectivity index (χ3v) is 10.6. The Bertz CT molecular complexity index is 2080. The van der Waals surface area contributed by atoms with E-state index in [4.69, 9.17) is 14.2 Å². The van der Waals surface area contributed by atoms with Crippen LogP contribution in [0.1, 0.15) is 67.0 Å². The van der Waals surface area contributed by atoms with Crippen molar-refractivity contribution in [2.75, 3.05) is 13.7 Å². The van der Waals surface area contributed by atoms with Gasteiger partial charge in [-0.25, -0.2) is 0 Å². The van der Waals surface area contributed by atoms with E-state index in [9.17, 15) is 13.2 Å². The van der Waals surface area contributed by atoms with E-state index in [1.54, 1.807) is 13.2 Å². The Balaban J connectivity index is 1.48. The number of halogens is 5. The van der Waals surface area contributed by atoms with Crippen LogP contribution in [0.2, 0.25) is 0 Å². The molecule has 5 aromatic rings. The number of hydrogen-bond acceptors (Lipinski definition) is 3. The highest BCUT2D eigenvalue weighted by atomic mass is 79.9. The van der Waals surface area contributed by atoms with Crippen LogP contribution in [0, 0.1) is 0 Å². The third kappa shape index (κ3) is 5.23. The number of alkyl halides is 3. The smallest absolute Gasteiger partial charge is 0.416 e. The molecule has 0 fully saturated rings. The van der Waals surface area contributed by atoms with E-state index in [0.717, 1.165) is 77.4 Å². The molecule has 1 aliphatic carbocycles. The summed E-state index contributed by atoms with van der Waals surface area (Å²) >= 11 is 7.51. The van der Waals surface area contributed by atoms with E-state index in [0.29, 0.717) is 17.9 Å². The van der Waals surface area contributed by atoms with Crippen LogP contribution >= 0.6 is 31.9 Å². The van der Waals surface area contributed by atoms with E-state index in [-0.39, 0.29) is 0 Å². The summed E-state index contributed by atoms with van der Waals surface area (Å²) in [6.45, 7) is 6.76. The summed E-state index contributed by atoms with van der Waals surface area (Å²) in [4.78, 5) is 0. The lowest BCUT2D eigenvalue weighted by Gasteiger charge is -2.38. The topological polar surface area (TPSA) is 27.7 Å². The number of fused-ring (bicyclic) bond motifs is 8. The largest absolute Gasteiger partial charge is 0.497 e. The maximum Gasteiger partial charge on any atom is 0.416 e. The summed E-state index contributed by atoms with van der Waals surface area (Å²) in [5.41, 5.74) is 3.48. The molecule has 1 unspecified atom stereocenters. The molecule has 7 rings (SSSR count). The minimum absolute atomic E-state index is 0.636. The van der Waals surface area contributed by atoms with Crippen molar-refractivity contribution in [2.45, 2.75) is 50.8 Å². The Morgan fingerprint density at radius 1 is 0.854 bits per heavy atom. The average molecular weight is 779 g/mol. The fourth-order valence-electron chi connectivity index (χ4n) is 7.15. The molecule has 48 heavy (non-hydrogen) atoms. The van der Waals surface area contributed by atoms with Gasteiger partial charge in [0, 0.05) is 36.4 Å². The van der Waals surface area contributed by atoms with E-state index in [1.807, 2.05) is 74.5 Å². The van der Waals surface area contributed by atoms with E-state index in [2.05, 4.69) is 50.9 Å². The van der Waals surface area contributed by atoms with Crippen LogP contribution in [0.25, 0.3) is 28.0 Å². The molecule has 2 aliphatic rings. The first kappa shape index (κ1) is 32.8. The highest BCUT2D eigenvalue weighted by Gasteiger charge is 2.45. The van der Waals surface area contributed by atoms with Gasteiger partial charge >= 0.3 is 6.18 Å². The Morgan fingerprint density at radius 2 is 1.52 bits per heavy atom. The molecule has 0 N–H and O–H groups in total. The maximum absolute atomic E-state index is 14.0. The highest BCUT2D eigenvalue weighted by molar-refractivity contribution is 9.11. The lowest BCUT2D eigenvalue weighted by molar-refractivity contribution is -0.137. The second kappa shape index (κ2) is 12.0. The molecule has 0 spiro atoms. The third-order valence-electron chi connectivity index (χ3n) is 9.55. The summed E-state index contributed by atoms with van der Waals surface area (Å²) in [6.07, 6.45) is 1.71. The van der Waals surface area contributed by atoms with Gasteiger partial charge in [0.1, 0.15) is 17.2 Å². The van der Waals surface area contributed by atoms with Crippen LogP contribution < -0.4 is 14.2 Å². The Labute approximate surface area is 295 Å². The SMILES string of the molecule is CCCCOc1ccc(C2(c3ccc(OC)cc3)C=Cc3c4c(c5cc(Br)cc(Br)c5c3O2)-c2ccc(C(F)(F)F)cc2C4(C)C)cc1. The van der Waals surface area contributed by atoms with Crippen molar-refractivity contribution in [3.05, 3.63) is 127 Å². The molecule has 3 nitrogen and oxygen atoms in total. The van der Waals surface area contributed by atoms with Gasteiger partial charge in [0.25, 0.3) is 0 Å². The van der Waals surface area contributed by atoms with Gasteiger partial charge in [0.2, 0.25) is 0 Å². The molecule has 1 aliphatic heterocycles. The minimum Gasteiger partial charge on any atom is -0.497 e. The summed E-state index contributed by atoms with van der Waals surface area (Å²) in [7, 11) is 1.63. The van der Waals surface area contributed by atoms with Crippen molar-refractivity contribution in [1.29, 1.82) is 0 Å². The second-order valence-corrected chi connectivity index (χ2v) is 14.6. The van der Waals surface area contributed by atoms with Gasteiger partial charge in [-0.2, -0.15) is 13.2 Å². The van der Waals surface area contributed by atoms with E-state index in [1.165, 1.54) is 12.1 Å². The number of hydrogen-bond donors (Lipinski definition) is 0. The molecule has 246 valence electrons. The Kier molecular flexibility index (Phi) is 8.19. The van der Waals surface area contributed by atoms with Crippen LogP contribution in [-0.4, -0.2) is 13.7 Å². The molecule has 5 aromatic carbocycles. The van der Waals surface area contributed by atoms with Gasteiger partial charge in [0.05, 0.1) is 19.3 Å². The summed E-state index contributed by atoms with van der Waals surface area (Å²) < 4.78 is 62.3. The summed E-state index contributed by atoms with van der Waals surface area (Å²) in [6, 6.07) is 23.9. The molecule has 0 radical (unpaired) electrons. The standard InChI is InChI=1S/C40H33Br2F3O3/c1-5-6-19-47-28-14-9-24(10-15-28)39(23-7-12-27(46-4)13-8-23)18-17-30-36-34(31-21-26(41)22-33(42)35(31)37(30)48-39)29-16-11-25(40(43,44)45)20-32(29)38(36,2)3/h7-18,20-22H,5-6,19H2,1-4H3. The first-order chi connectivity index (χ1) is 22.9. The molecular formula is C40H33Br2F3O3. The lowest BCUT2D eigenvalue weighted by Crippen LogP contribution is -2.35. The van der Waals surface area contributed by atoms with Crippen molar-refractivity contribution >= 4 is 48.7 Å². The van der Waals surface area contributed by atoms with Gasteiger partial charge in [-0.05, 0) is 105 Å². The molecule has 0 saturated heterocycles. The van der Waals surface area contributed by atoms with Crippen LogP contribution in [0.3, 0.4) is 0 Å². The van der Waals surface area contributed by atoms with Crippen LogP contribution in [0.5, 0.6) is 17.2 Å². The van der Waals surface area contributed by atoms with Gasteiger partial charge in [0.15, 0.2) is 5.60 Å². The number of rotatable bonds is 7. The molecule has 0 bridgehead atoms. The van der Waals surface area contributed by atoms with E-state index < -0.39 is 22.8 Å².